The van der Waals surface area contributed by atoms with Crippen molar-refractivity contribution in [3.63, 3.8) is 0 Å². The molecule has 0 aromatic heterocycles. The fraction of sp³-hybridized carbons (Fsp3) is 0.795. The first kappa shape index (κ1) is 57.3. The lowest BCUT2D eigenvalue weighted by atomic mass is 10.2. The van der Waals surface area contributed by atoms with Crippen LogP contribution in [-0.2, 0) is 71.2 Å². The van der Waals surface area contributed by atoms with Crippen LogP contribution in [0.15, 0.2) is 18.2 Å². The van der Waals surface area contributed by atoms with Gasteiger partial charge in [0.05, 0.1) is 188 Å². The first-order valence-corrected chi connectivity index (χ1v) is 21.0. The summed E-state index contributed by atoms with van der Waals surface area (Å²) in [7, 11) is 0. The van der Waals surface area contributed by atoms with Gasteiger partial charge in [-0.15, -0.1) is 0 Å². The predicted octanol–water partition coefficient (Wildman–Crippen LogP) is 1.50. The third-order valence-corrected chi connectivity index (χ3v) is 7.77. The molecule has 1 aromatic carbocycles. The third-order valence-electron chi connectivity index (χ3n) is 7.77. The number of nitrogens with zero attached hydrogens (tertiary/aromatic N) is 2. The van der Waals surface area contributed by atoms with Gasteiger partial charge in [0.25, 0.3) is 11.4 Å². The lowest BCUT2D eigenvalue weighted by Gasteiger charge is -2.09. The van der Waals surface area contributed by atoms with E-state index in [1.165, 1.54) is 12.1 Å². The Bertz CT molecular complexity index is 1290. The Balaban J connectivity index is 1.67. The maximum atomic E-state index is 11.4. The minimum Gasteiger partial charge on any atom is -0.481 e. The molecule has 0 radical (unpaired) electrons. The number of carbonyl (C=O) groups is 2. The molecule has 0 saturated heterocycles. The van der Waals surface area contributed by atoms with Gasteiger partial charge in [0.2, 0.25) is 5.91 Å². The Morgan fingerprint density at radius 2 is 0.794 bits per heavy atom. The number of amides is 1. The average molecular weight is 913 g/mol. The minimum atomic E-state index is -0.992. The van der Waals surface area contributed by atoms with Crippen molar-refractivity contribution in [1.82, 2.24) is 5.32 Å². The SMILES string of the molecule is O=C(O)CCC(=O)NCCCOCCOCCOCCOCCOCCOCCOCCOCCOCCOCCOCCOCCOCCNc1ccc([N+](=O)[O-])cc1[N+](=O)[O-]. The molecule has 0 fully saturated rings. The van der Waals surface area contributed by atoms with E-state index in [4.69, 9.17) is 66.7 Å². The van der Waals surface area contributed by atoms with Crippen LogP contribution in [0.5, 0.6) is 0 Å². The first-order chi connectivity index (χ1) is 30.8. The normalized spacial score (nSPS) is 11.2. The van der Waals surface area contributed by atoms with Crippen LogP contribution < -0.4 is 10.6 Å². The summed E-state index contributed by atoms with van der Waals surface area (Å²) < 4.78 is 70.9. The molecule has 1 aromatic rings. The molecule has 0 saturated carbocycles. The van der Waals surface area contributed by atoms with Crippen molar-refractivity contribution in [1.29, 1.82) is 0 Å². The number of benzene rings is 1. The Morgan fingerprint density at radius 3 is 1.11 bits per heavy atom. The molecule has 0 spiro atoms. The number of carbonyl (C=O) groups excluding carboxylic acids is 1. The highest BCUT2D eigenvalue weighted by Gasteiger charge is 2.19. The second kappa shape index (κ2) is 43.5. The van der Waals surface area contributed by atoms with E-state index in [0.717, 1.165) is 6.07 Å². The van der Waals surface area contributed by atoms with Gasteiger partial charge < -0.3 is 77.3 Å². The molecule has 0 atom stereocenters. The van der Waals surface area contributed by atoms with E-state index in [1.54, 1.807) is 0 Å². The molecule has 1 amide bonds. The fourth-order valence-electron chi connectivity index (χ4n) is 4.64. The number of rotatable bonds is 49. The van der Waals surface area contributed by atoms with E-state index < -0.39 is 15.8 Å². The van der Waals surface area contributed by atoms with Gasteiger partial charge in [-0.05, 0) is 12.5 Å². The smallest absolute Gasteiger partial charge is 0.303 e. The van der Waals surface area contributed by atoms with Crippen molar-refractivity contribution in [3.8, 4) is 0 Å². The van der Waals surface area contributed by atoms with Crippen LogP contribution in [0.2, 0.25) is 0 Å². The Morgan fingerprint density at radius 1 is 0.460 bits per heavy atom. The third kappa shape index (κ3) is 38.4. The molecular weight excluding hydrogens is 844 g/mol. The summed E-state index contributed by atoms with van der Waals surface area (Å²) in [5, 5.41) is 36.0. The topological polar surface area (TPSA) is 285 Å². The second-order valence-corrected chi connectivity index (χ2v) is 12.7. The quantitative estimate of drug-likeness (QED) is 0.0474. The van der Waals surface area contributed by atoms with Crippen molar-refractivity contribution < 1.29 is 86.1 Å². The van der Waals surface area contributed by atoms with E-state index in [9.17, 15) is 29.8 Å². The molecule has 0 aliphatic carbocycles. The summed E-state index contributed by atoms with van der Waals surface area (Å²) in [6.07, 6.45) is 0.443. The van der Waals surface area contributed by atoms with Gasteiger partial charge in [-0.1, -0.05) is 0 Å². The Labute approximate surface area is 367 Å². The van der Waals surface area contributed by atoms with Crippen LogP contribution in [-0.4, -0.2) is 212 Å². The van der Waals surface area contributed by atoms with Gasteiger partial charge >= 0.3 is 5.97 Å². The van der Waals surface area contributed by atoms with Crippen molar-refractivity contribution >= 4 is 28.9 Å². The van der Waals surface area contributed by atoms with Crippen molar-refractivity contribution in [3.05, 3.63) is 38.4 Å². The number of hydrogen-bond acceptors (Lipinski definition) is 20. The zero-order chi connectivity index (χ0) is 45.7. The maximum Gasteiger partial charge on any atom is 0.303 e. The van der Waals surface area contributed by atoms with E-state index in [2.05, 4.69) is 10.6 Å². The van der Waals surface area contributed by atoms with Gasteiger partial charge in [0.1, 0.15) is 5.69 Å². The lowest BCUT2D eigenvalue weighted by molar-refractivity contribution is -0.393. The molecule has 24 nitrogen and oxygen atoms in total. The van der Waals surface area contributed by atoms with Crippen molar-refractivity contribution in [2.75, 3.05) is 190 Å². The number of ether oxygens (including phenoxy) is 13. The molecule has 0 heterocycles. The van der Waals surface area contributed by atoms with E-state index in [-0.39, 0.29) is 49.0 Å². The lowest BCUT2D eigenvalue weighted by Crippen LogP contribution is -2.25. The minimum absolute atomic E-state index is 0.0211. The number of aliphatic carboxylic acids is 1. The molecule has 0 bridgehead atoms. The summed E-state index contributed by atoms with van der Waals surface area (Å²) >= 11 is 0. The molecule has 63 heavy (non-hydrogen) atoms. The number of non-ortho nitro benzene ring substituents is 1. The molecule has 0 aliphatic rings. The second-order valence-electron chi connectivity index (χ2n) is 12.7. The predicted molar refractivity (Wildman–Crippen MR) is 223 cm³/mol. The summed E-state index contributed by atoms with van der Waals surface area (Å²) in [5.41, 5.74) is -0.548. The summed E-state index contributed by atoms with van der Waals surface area (Å²) in [5.74, 6) is -1.27. The number of nitro benzene ring substituents is 2. The van der Waals surface area contributed by atoms with Gasteiger partial charge in [0, 0.05) is 32.2 Å². The number of nitro groups is 2. The highest BCUT2D eigenvalue weighted by atomic mass is 16.6. The summed E-state index contributed by atoms with van der Waals surface area (Å²) in [4.78, 5) is 42.4. The molecule has 0 aliphatic heterocycles. The Hall–Kier alpha value is -3.76. The fourth-order valence-corrected chi connectivity index (χ4v) is 4.64. The van der Waals surface area contributed by atoms with Crippen molar-refractivity contribution in [2.45, 2.75) is 19.3 Å². The highest BCUT2D eigenvalue weighted by Crippen LogP contribution is 2.28. The highest BCUT2D eigenvalue weighted by molar-refractivity contribution is 5.80. The van der Waals surface area contributed by atoms with E-state index in [1.807, 2.05) is 0 Å². The number of hydrogen-bond donors (Lipinski definition) is 3. The van der Waals surface area contributed by atoms with E-state index in [0.29, 0.717) is 178 Å². The number of carboxylic acid groups (broad SMARTS) is 1. The molecule has 0 unspecified atom stereocenters. The first-order valence-electron chi connectivity index (χ1n) is 21.0. The van der Waals surface area contributed by atoms with Crippen LogP contribution in [0.3, 0.4) is 0 Å². The zero-order valence-electron chi connectivity index (χ0n) is 36.3. The zero-order valence-corrected chi connectivity index (χ0v) is 36.3. The van der Waals surface area contributed by atoms with Gasteiger partial charge in [-0.3, -0.25) is 29.8 Å². The average Bonchev–Trinajstić information content (AvgIpc) is 3.27. The van der Waals surface area contributed by atoms with Crippen LogP contribution in [0, 0.1) is 20.2 Å². The van der Waals surface area contributed by atoms with Gasteiger partial charge in [-0.2, -0.15) is 0 Å². The van der Waals surface area contributed by atoms with Crippen LogP contribution >= 0.6 is 0 Å². The van der Waals surface area contributed by atoms with Crippen LogP contribution in [0.4, 0.5) is 17.1 Å². The summed E-state index contributed by atoms with van der Waals surface area (Å²) in [6.45, 7) is 11.9. The molecule has 364 valence electrons. The van der Waals surface area contributed by atoms with Gasteiger partial charge in [-0.25, -0.2) is 0 Å². The number of nitrogens with one attached hydrogen (secondary N) is 2. The number of carboxylic acids is 1. The summed E-state index contributed by atoms with van der Waals surface area (Å²) in [6, 6.07) is 3.41. The Kier molecular flexibility index (Phi) is 39.5. The van der Waals surface area contributed by atoms with Gasteiger partial charge in [0.15, 0.2) is 0 Å². The molecule has 24 heteroatoms. The maximum absolute atomic E-state index is 11.4. The molecular formula is C39H68N4O20. The number of anilines is 1. The standard InChI is InChI=1S/C39H68N4O20/c44-38(4-5-39(45)46)41-6-1-8-51-10-12-53-14-16-55-18-20-57-22-24-59-26-28-61-30-32-63-33-31-62-29-27-60-25-23-58-21-19-56-17-15-54-13-11-52-9-7-40-36-3-2-35(42(47)48)34-37(36)43(49)50/h2-3,34,40H,1,4-33H2,(H,41,44)(H,45,46). The van der Waals surface area contributed by atoms with E-state index >= 15 is 0 Å². The largest absolute Gasteiger partial charge is 0.481 e. The van der Waals surface area contributed by atoms with Crippen molar-refractivity contribution in [2.24, 2.45) is 0 Å². The monoisotopic (exact) mass is 912 g/mol. The molecule has 3 N–H and O–H groups in total. The van der Waals surface area contributed by atoms with Crippen LogP contribution in [0.25, 0.3) is 0 Å². The molecule has 1 rings (SSSR count). The van der Waals surface area contributed by atoms with Crippen LogP contribution in [0.1, 0.15) is 19.3 Å².